The lowest BCUT2D eigenvalue weighted by Gasteiger charge is -2.19. The van der Waals surface area contributed by atoms with Crippen LogP contribution in [-0.2, 0) is 12.8 Å². The van der Waals surface area contributed by atoms with Gasteiger partial charge in [-0.2, -0.15) is 0 Å². The molecule has 0 amide bonds. The first-order valence-electron chi connectivity index (χ1n) is 4.33. The predicted octanol–water partition coefficient (Wildman–Crippen LogP) is 0.895. The van der Waals surface area contributed by atoms with Gasteiger partial charge in [0.1, 0.15) is 0 Å². The zero-order valence-corrected chi connectivity index (χ0v) is 7.13. The lowest BCUT2D eigenvalue weighted by atomic mass is 9.89. The van der Waals surface area contributed by atoms with E-state index in [9.17, 15) is 4.79 Å². The molecule has 1 aromatic rings. The zero-order valence-electron chi connectivity index (χ0n) is 7.13. The van der Waals surface area contributed by atoms with E-state index < -0.39 is 0 Å². The van der Waals surface area contributed by atoms with Crippen LogP contribution in [0.5, 0.6) is 0 Å². The van der Waals surface area contributed by atoms with Crippen LogP contribution in [0.25, 0.3) is 0 Å². The summed E-state index contributed by atoms with van der Waals surface area (Å²) in [6.07, 6.45) is 4.93. The Balaban J connectivity index is 2.43. The first-order chi connectivity index (χ1) is 5.75. The van der Waals surface area contributed by atoms with E-state index in [2.05, 4.69) is 16.9 Å². The van der Waals surface area contributed by atoms with E-state index in [0.29, 0.717) is 0 Å². The van der Waals surface area contributed by atoms with E-state index in [1.807, 2.05) is 0 Å². The van der Waals surface area contributed by atoms with E-state index in [4.69, 9.17) is 0 Å². The summed E-state index contributed by atoms with van der Waals surface area (Å²) in [6, 6.07) is 0. The van der Waals surface area contributed by atoms with Crippen molar-refractivity contribution in [2.75, 3.05) is 0 Å². The molecule has 1 atom stereocenters. The molecule has 0 bridgehead atoms. The molecule has 1 N–H and O–H groups in total. The molecular weight excluding hydrogens is 152 g/mol. The molecule has 3 nitrogen and oxygen atoms in total. The summed E-state index contributed by atoms with van der Waals surface area (Å²) in [6.45, 7) is 2.23. The Labute approximate surface area is 70.9 Å². The molecule has 64 valence electrons. The summed E-state index contributed by atoms with van der Waals surface area (Å²) in [4.78, 5) is 17.4. The SMILES string of the molecule is CC1CCc2[nH]c(=O)ncc2C1. The highest BCUT2D eigenvalue weighted by atomic mass is 16.1. The quantitative estimate of drug-likeness (QED) is 0.619. The van der Waals surface area contributed by atoms with Gasteiger partial charge in [0.25, 0.3) is 0 Å². The summed E-state index contributed by atoms with van der Waals surface area (Å²) in [7, 11) is 0. The number of H-pyrrole nitrogens is 1. The highest BCUT2D eigenvalue weighted by Gasteiger charge is 2.15. The fraction of sp³-hybridized carbons (Fsp3) is 0.556. The van der Waals surface area contributed by atoms with Crippen molar-refractivity contribution in [2.45, 2.75) is 26.2 Å². The standard InChI is InChI=1S/C9H12N2O/c1-6-2-3-8-7(4-6)5-10-9(12)11-8/h5-6H,2-4H2,1H3,(H,10,11,12). The van der Waals surface area contributed by atoms with E-state index in [0.717, 1.165) is 24.5 Å². The maximum absolute atomic E-state index is 10.9. The third-order valence-corrected chi connectivity index (χ3v) is 2.44. The highest BCUT2D eigenvalue weighted by molar-refractivity contribution is 5.19. The van der Waals surface area contributed by atoms with Crippen LogP contribution in [0, 0.1) is 5.92 Å². The van der Waals surface area contributed by atoms with Gasteiger partial charge in [0.2, 0.25) is 0 Å². The number of aromatic amines is 1. The Kier molecular flexibility index (Phi) is 1.71. The number of hydrogen-bond acceptors (Lipinski definition) is 2. The second-order valence-electron chi connectivity index (χ2n) is 3.54. The van der Waals surface area contributed by atoms with Crippen LogP contribution in [0.1, 0.15) is 24.6 Å². The second kappa shape index (κ2) is 2.73. The summed E-state index contributed by atoms with van der Waals surface area (Å²) >= 11 is 0. The van der Waals surface area contributed by atoms with E-state index in [1.165, 1.54) is 12.0 Å². The normalized spacial score (nSPS) is 21.9. The van der Waals surface area contributed by atoms with Gasteiger partial charge in [0, 0.05) is 11.9 Å². The number of nitrogens with one attached hydrogen (secondary N) is 1. The fourth-order valence-electron chi connectivity index (χ4n) is 1.72. The van der Waals surface area contributed by atoms with Crippen LogP contribution in [0.2, 0.25) is 0 Å². The highest BCUT2D eigenvalue weighted by Crippen LogP contribution is 2.21. The minimum Gasteiger partial charge on any atom is -0.310 e. The van der Waals surface area contributed by atoms with E-state index in [1.54, 1.807) is 6.20 Å². The van der Waals surface area contributed by atoms with Crippen molar-refractivity contribution in [2.24, 2.45) is 5.92 Å². The van der Waals surface area contributed by atoms with Crippen LogP contribution < -0.4 is 5.69 Å². The number of rotatable bonds is 0. The summed E-state index contributed by atoms with van der Waals surface area (Å²) in [5, 5.41) is 0. The fourth-order valence-corrected chi connectivity index (χ4v) is 1.72. The molecular formula is C9H12N2O. The Morgan fingerprint density at radius 1 is 1.67 bits per heavy atom. The maximum atomic E-state index is 10.9. The molecule has 0 spiro atoms. The van der Waals surface area contributed by atoms with Gasteiger partial charge in [-0.05, 0) is 30.7 Å². The minimum absolute atomic E-state index is 0.219. The number of aromatic nitrogens is 2. The molecule has 2 rings (SSSR count). The average molecular weight is 164 g/mol. The first kappa shape index (κ1) is 7.53. The molecule has 0 saturated heterocycles. The topological polar surface area (TPSA) is 45.8 Å². The molecule has 3 heteroatoms. The van der Waals surface area contributed by atoms with Gasteiger partial charge < -0.3 is 4.98 Å². The molecule has 1 heterocycles. The molecule has 1 aliphatic rings. The molecule has 0 fully saturated rings. The molecule has 1 unspecified atom stereocenters. The van der Waals surface area contributed by atoms with Gasteiger partial charge in [-0.1, -0.05) is 6.92 Å². The average Bonchev–Trinajstić information content (AvgIpc) is 2.05. The third kappa shape index (κ3) is 1.26. The van der Waals surface area contributed by atoms with E-state index in [-0.39, 0.29) is 5.69 Å². The predicted molar refractivity (Wildman–Crippen MR) is 46.0 cm³/mol. The number of nitrogens with zero attached hydrogens (tertiary/aromatic N) is 1. The lowest BCUT2D eigenvalue weighted by molar-refractivity contribution is 0.490. The van der Waals surface area contributed by atoms with Gasteiger partial charge in [0.15, 0.2) is 0 Å². The van der Waals surface area contributed by atoms with Crippen LogP contribution in [-0.4, -0.2) is 9.97 Å². The Morgan fingerprint density at radius 2 is 2.50 bits per heavy atom. The van der Waals surface area contributed by atoms with Gasteiger partial charge >= 0.3 is 5.69 Å². The smallest absolute Gasteiger partial charge is 0.310 e. The number of hydrogen-bond donors (Lipinski definition) is 1. The largest absolute Gasteiger partial charge is 0.345 e. The first-order valence-corrected chi connectivity index (χ1v) is 4.33. The van der Waals surface area contributed by atoms with Crippen LogP contribution >= 0.6 is 0 Å². The minimum atomic E-state index is -0.219. The lowest BCUT2D eigenvalue weighted by Crippen LogP contribution is -2.20. The Morgan fingerprint density at radius 3 is 3.33 bits per heavy atom. The van der Waals surface area contributed by atoms with Crippen LogP contribution in [0.4, 0.5) is 0 Å². The summed E-state index contributed by atoms with van der Waals surface area (Å²) < 4.78 is 0. The monoisotopic (exact) mass is 164 g/mol. The summed E-state index contributed by atoms with van der Waals surface area (Å²) in [5.74, 6) is 0.727. The molecule has 1 aromatic heterocycles. The molecule has 0 radical (unpaired) electrons. The van der Waals surface area contributed by atoms with Gasteiger partial charge in [-0.3, -0.25) is 0 Å². The van der Waals surface area contributed by atoms with Gasteiger partial charge in [-0.25, -0.2) is 9.78 Å². The summed E-state index contributed by atoms with van der Waals surface area (Å²) in [5.41, 5.74) is 2.09. The van der Waals surface area contributed by atoms with Gasteiger partial charge in [0.05, 0.1) is 0 Å². The zero-order chi connectivity index (χ0) is 8.55. The third-order valence-electron chi connectivity index (χ3n) is 2.44. The molecule has 12 heavy (non-hydrogen) atoms. The van der Waals surface area contributed by atoms with Crippen molar-refractivity contribution >= 4 is 0 Å². The van der Waals surface area contributed by atoms with Crippen LogP contribution in [0.15, 0.2) is 11.0 Å². The van der Waals surface area contributed by atoms with Crippen molar-refractivity contribution < 1.29 is 0 Å². The van der Waals surface area contributed by atoms with Gasteiger partial charge in [-0.15, -0.1) is 0 Å². The molecule has 0 aromatic carbocycles. The van der Waals surface area contributed by atoms with Crippen molar-refractivity contribution in [3.63, 3.8) is 0 Å². The van der Waals surface area contributed by atoms with Crippen molar-refractivity contribution in [1.82, 2.24) is 9.97 Å². The molecule has 0 saturated carbocycles. The number of fused-ring (bicyclic) bond motifs is 1. The van der Waals surface area contributed by atoms with Crippen molar-refractivity contribution in [3.8, 4) is 0 Å². The van der Waals surface area contributed by atoms with E-state index >= 15 is 0 Å². The Hall–Kier alpha value is -1.12. The van der Waals surface area contributed by atoms with Crippen molar-refractivity contribution in [3.05, 3.63) is 27.9 Å². The number of aryl methyl sites for hydroxylation is 1. The van der Waals surface area contributed by atoms with Crippen LogP contribution in [0.3, 0.4) is 0 Å². The van der Waals surface area contributed by atoms with Crippen molar-refractivity contribution in [1.29, 1.82) is 0 Å². The Bertz CT molecular complexity index is 343. The second-order valence-corrected chi connectivity index (χ2v) is 3.54. The molecule has 1 aliphatic carbocycles. The maximum Gasteiger partial charge on any atom is 0.345 e. The molecule has 0 aliphatic heterocycles.